The Morgan fingerprint density at radius 2 is 0.838 bits per heavy atom. The summed E-state index contributed by atoms with van der Waals surface area (Å²) >= 11 is 0. The summed E-state index contributed by atoms with van der Waals surface area (Å²) in [5.74, 6) is -0.321. The lowest BCUT2D eigenvalue weighted by molar-refractivity contribution is -0.137. The summed E-state index contributed by atoms with van der Waals surface area (Å²) in [5.41, 5.74) is 31.7. The fourth-order valence-corrected chi connectivity index (χ4v) is 6.38. The van der Waals surface area contributed by atoms with Gasteiger partial charge in [-0.1, -0.05) is 138 Å². The van der Waals surface area contributed by atoms with Gasteiger partial charge in [-0.15, -0.1) is 0 Å². The van der Waals surface area contributed by atoms with Crippen molar-refractivity contribution in [1.82, 2.24) is 10.6 Å². The van der Waals surface area contributed by atoms with Gasteiger partial charge in [-0.3, -0.25) is 47.9 Å². The van der Waals surface area contributed by atoms with E-state index in [1.165, 1.54) is 20.8 Å². The smallest absolute Gasteiger partial charge is 0.303 e. The summed E-state index contributed by atoms with van der Waals surface area (Å²) in [6.07, 6.45) is 6.88. The van der Waals surface area contributed by atoms with Crippen LogP contribution < -0.4 is 45.0 Å². The first kappa shape index (κ1) is 87.1. The number of Topliss-reactive ketones (excluding diaryl/α,β-unsaturated/α-hetero) is 7. The van der Waals surface area contributed by atoms with Crippen molar-refractivity contribution < 1.29 is 53.1 Å². The van der Waals surface area contributed by atoms with Crippen LogP contribution in [0.3, 0.4) is 0 Å². The van der Waals surface area contributed by atoms with Gasteiger partial charge in [-0.2, -0.15) is 0 Å². The van der Waals surface area contributed by atoms with E-state index in [0.29, 0.717) is 51.6 Å². The molecule has 472 valence electrons. The van der Waals surface area contributed by atoms with Crippen molar-refractivity contribution in [1.29, 1.82) is 0 Å². The maximum absolute atomic E-state index is 11.7. The number of carbonyl (C=O) groups excluding carboxylic acids is 9. The highest BCUT2D eigenvalue weighted by molar-refractivity contribution is 5.90. The Hall–Kier alpha value is -4.14. The van der Waals surface area contributed by atoms with Gasteiger partial charge in [0.2, 0.25) is 11.8 Å². The topological polar surface area (TPSA) is 371 Å². The standard InChI is InChI=1S/2C13H26N2O2.C10H19NO2.C9H17NO3.C9H19NO.C7H15NO/c1-10(16)11(14)7-5-6-8-15-12(17)9-13(2,3)4;1-10(16)11(7-5-6-8-14)15-12(17)9-13(2,3)4;1-7(12)8(11)5-6-9(13)10(2,3)4;1-9(2,3)8(13)6(10)4-5-7(11)12;1-6(2)7(10)8(11)9(3,4)5;1-5(8)6(9)7(2,3)4/h2*11H,5-9,14H2,1-4H3,(H,15,17);8H,5-6,11H2,1-4H3;6H,4-5,10H2,1-3H3,(H,11,12);6-7H,10H2,1-5H3;5H,8H2,1-4H3/t2*11-;8-;6-;7-;5-/m000000/s1. The van der Waals surface area contributed by atoms with E-state index >= 15 is 0 Å². The molecule has 0 heterocycles. The first-order valence-electron chi connectivity index (χ1n) is 28.5. The molecule has 0 aromatic heterocycles. The number of amides is 2. The fraction of sp³-hybridized carbons (Fsp3) is 0.836. The van der Waals surface area contributed by atoms with Gasteiger partial charge in [-0.25, -0.2) is 0 Å². The number of carboxylic acid groups (broad SMARTS) is 1. The van der Waals surface area contributed by atoms with E-state index in [1.54, 1.807) is 27.7 Å². The Bertz CT molecular complexity index is 1860. The van der Waals surface area contributed by atoms with Crippen molar-refractivity contribution in [3.63, 3.8) is 0 Å². The number of carbonyl (C=O) groups is 10. The van der Waals surface area contributed by atoms with Gasteiger partial charge in [0.15, 0.2) is 23.1 Å². The average Bonchev–Trinajstić information content (AvgIpc) is 3.26. The van der Waals surface area contributed by atoms with Gasteiger partial charge >= 0.3 is 5.97 Å². The molecule has 6 atom stereocenters. The van der Waals surface area contributed by atoms with Crippen LogP contribution in [0, 0.1) is 38.4 Å². The number of unbranched alkanes of at least 4 members (excludes halogenated alkanes) is 2. The molecule has 0 aliphatic heterocycles. The molecule has 80 heavy (non-hydrogen) atoms. The van der Waals surface area contributed by atoms with E-state index in [2.05, 4.69) is 10.6 Å². The molecule has 0 aliphatic rings. The summed E-state index contributed by atoms with van der Waals surface area (Å²) in [6, 6.07) is -2.47. The molecule has 0 saturated carbocycles. The Balaban J connectivity index is -0.000000208. The van der Waals surface area contributed by atoms with E-state index < -0.39 is 23.5 Å². The molecule has 0 rings (SSSR count). The van der Waals surface area contributed by atoms with Gasteiger partial charge in [0.05, 0.1) is 36.3 Å². The number of carboxylic acids is 1. The van der Waals surface area contributed by atoms with E-state index in [9.17, 15) is 47.9 Å². The van der Waals surface area contributed by atoms with Gasteiger partial charge < -0.3 is 50.1 Å². The summed E-state index contributed by atoms with van der Waals surface area (Å²) < 4.78 is 0. The molecule has 0 fully saturated rings. The van der Waals surface area contributed by atoms with E-state index in [1.807, 2.05) is 118 Å². The summed E-state index contributed by atoms with van der Waals surface area (Å²) in [7, 11) is 0. The minimum atomic E-state index is -0.919. The molecule has 0 bridgehead atoms. The number of hydrogen-bond donors (Lipinski definition) is 9. The molecule has 0 saturated heterocycles. The quantitative estimate of drug-likeness (QED) is 0.0392. The van der Waals surface area contributed by atoms with Crippen LogP contribution in [0.25, 0.3) is 0 Å². The summed E-state index contributed by atoms with van der Waals surface area (Å²) in [6.45, 7) is 45.8. The van der Waals surface area contributed by atoms with Crippen LogP contribution in [0.5, 0.6) is 0 Å². The van der Waals surface area contributed by atoms with Crippen LogP contribution in [-0.4, -0.2) is 113 Å². The van der Waals surface area contributed by atoms with Crippen molar-refractivity contribution in [2.75, 3.05) is 13.1 Å². The summed E-state index contributed by atoms with van der Waals surface area (Å²) in [4.78, 5) is 112. The Kier molecular flexibility index (Phi) is 45.5. The highest BCUT2D eigenvalue weighted by Crippen LogP contribution is 2.22. The Morgan fingerprint density at radius 3 is 1.14 bits per heavy atom. The highest BCUT2D eigenvalue weighted by Gasteiger charge is 2.30. The molecule has 19 nitrogen and oxygen atoms in total. The summed E-state index contributed by atoms with van der Waals surface area (Å²) in [5, 5.41) is 14.1. The maximum Gasteiger partial charge on any atom is 0.303 e. The lowest BCUT2D eigenvalue weighted by atomic mass is 9.83. The Labute approximate surface area is 485 Å². The van der Waals surface area contributed by atoms with Crippen molar-refractivity contribution in [2.24, 2.45) is 72.8 Å². The third-order valence-corrected chi connectivity index (χ3v) is 11.6. The van der Waals surface area contributed by atoms with Crippen molar-refractivity contribution in [2.45, 2.75) is 279 Å². The van der Waals surface area contributed by atoms with Crippen LogP contribution in [0.1, 0.15) is 243 Å². The third-order valence-electron chi connectivity index (χ3n) is 11.6. The molecule has 0 aliphatic carbocycles. The van der Waals surface area contributed by atoms with E-state index in [4.69, 9.17) is 39.5 Å². The van der Waals surface area contributed by atoms with Gasteiger partial charge in [-0.05, 0) is 102 Å². The van der Waals surface area contributed by atoms with Crippen LogP contribution in [0.15, 0.2) is 0 Å². The zero-order valence-electron chi connectivity index (χ0n) is 54.9. The molecule has 0 aromatic rings. The predicted molar refractivity (Wildman–Crippen MR) is 326 cm³/mol. The molecule has 0 spiro atoms. The van der Waals surface area contributed by atoms with E-state index in [-0.39, 0.29) is 122 Å². The zero-order valence-corrected chi connectivity index (χ0v) is 54.9. The lowest BCUT2D eigenvalue weighted by Gasteiger charge is -2.23. The van der Waals surface area contributed by atoms with Crippen LogP contribution in [0.2, 0.25) is 0 Å². The first-order valence-corrected chi connectivity index (χ1v) is 28.5. The molecular formula is C61H122N8O11. The molecule has 15 N–H and O–H groups in total. The SMILES string of the molecule is CC(=O)[C@@H](N)CCC(=O)C(C)(C)C.CC(=O)[C@@H](N)CCCCNC(=O)CC(C)(C)C.CC(=O)[C@H](CCCCN)NC(=O)CC(C)(C)C.CC(C)(C)C(=O)[C@@H](N)CCC(=O)O.CC(C)[C@H](N)C(=O)C(C)(C)C.C[C@H](N)C(=O)C(C)(C)C. The second-order valence-corrected chi connectivity index (χ2v) is 27.9. The molecule has 0 unspecified atom stereocenters. The Morgan fingerprint density at radius 1 is 0.450 bits per heavy atom. The minimum absolute atomic E-state index is 0.0179. The number of hydrogen-bond acceptors (Lipinski definition) is 16. The van der Waals surface area contributed by atoms with Crippen molar-refractivity contribution >= 4 is 58.3 Å². The maximum atomic E-state index is 11.7. The highest BCUT2D eigenvalue weighted by atomic mass is 16.4. The minimum Gasteiger partial charge on any atom is -0.481 e. The van der Waals surface area contributed by atoms with Crippen molar-refractivity contribution in [3.8, 4) is 0 Å². The number of ketones is 7. The third kappa shape index (κ3) is 54.4. The zero-order chi connectivity index (χ0) is 65.1. The second kappa shape index (κ2) is 41.8. The molecule has 0 radical (unpaired) electrons. The van der Waals surface area contributed by atoms with Crippen LogP contribution in [0.4, 0.5) is 0 Å². The largest absolute Gasteiger partial charge is 0.481 e. The molecule has 0 aromatic carbocycles. The number of nitrogens with one attached hydrogen (secondary N) is 2. The predicted octanol–water partition coefficient (Wildman–Crippen LogP) is 7.88. The van der Waals surface area contributed by atoms with Crippen LogP contribution >= 0.6 is 0 Å². The second-order valence-electron chi connectivity index (χ2n) is 27.9. The number of nitrogens with two attached hydrogens (primary N) is 6. The van der Waals surface area contributed by atoms with Gasteiger partial charge in [0.1, 0.15) is 17.3 Å². The molecular weight excluding hydrogens is 1020 g/mol. The van der Waals surface area contributed by atoms with E-state index in [0.717, 1.165) is 25.7 Å². The molecule has 19 heteroatoms. The molecule has 2 amide bonds. The normalized spacial score (nSPS) is 13.9. The van der Waals surface area contributed by atoms with Crippen LogP contribution in [-0.2, 0) is 47.9 Å². The monoisotopic (exact) mass is 1140 g/mol. The first-order chi connectivity index (χ1) is 35.6. The average molecular weight is 1140 g/mol. The van der Waals surface area contributed by atoms with Gasteiger partial charge in [0.25, 0.3) is 0 Å². The van der Waals surface area contributed by atoms with Crippen molar-refractivity contribution in [3.05, 3.63) is 0 Å². The number of aliphatic carboxylic acids is 1. The fourth-order valence-electron chi connectivity index (χ4n) is 6.38. The number of rotatable bonds is 25. The van der Waals surface area contributed by atoms with Gasteiger partial charge in [0, 0.05) is 53.9 Å². The lowest BCUT2D eigenvalue weighted by Crippen LogP contribution is -2.42.